The lowest BCUT2D eigenvalue weighted by molar-refractivity contribution is 0.0697. The summed E-state index contributed by atoms with van der Waals surface area (Å²) in [6.45, 7) is 2.36. The van der Waals surface area contributed by atoms with Crippen LogP contribution in [0.25, 0.3) is 12.2 Å². The fourth-order valence-electron chi connectivity index (χ4n) is 3.65. The minimum Gasteiger partial charge on any atom is -0.478 e. The summed E-state index contributed by atoms with van der Waals surface area (Å²) in [5.41, 5.74) is 7.02. The number of aromatic carboxylic acids is 1. The summed E-state index contributed by atoms with van der Waals surface area (Å²) in [4.78, 5) is 13.4. The van der Waals surface area contributed by atoms with Crippen LogP contribution in [0.15, 0.2) is 36.4 Å². The highest BCUT2D eigenvalue weighted by molar-refractivity contribution is 5.88. The zero-order valence-corrected chi connectivity index (χ0v) is 13.0. The molecule has 2 aromatic rings. The van der Waals surface area contributed by atoms with Crippen LogP contribution in [0, 0.1) is 0 Å². The summed E-state index contributed by atoms with van der Waals surface area (Å²) in [5, 5.41) is 8.94. The van der Waals surface area contributed by atoms with Crippen LogP contribution in [0.2, 0.25) is 0 Å². The molecule has 0 atom stereocenters. The second-order valence-corrected chi connectivity index (χ2v) is 6.29. The fourth-order valence-corrected chi connectivity index (χ4v) is 3.65. The number of hydrogen-bond donors (Lipinski definition) is 1. The van der Waals surface area contributed by atoms with E-state index in [-0.39, 0.29) is 0 Å². The van der Waals surface area contributed by atoms with E-state index in [4.69, 9.17) is 5.11 Å². The number of anilines is 1. The van der Waals surface area contributed by atoms with Crippen LogP contribution >= 0.6 is 0 Å². The lowest BCUT2D eigenvalue weighted by atomic mass is 9.96. The van der Waals surface area contributed by atoms with E-state index in [0.29, 0.717) is 5.56 Å². The summed E-state index contributed by atoms with van der Waals surface area (Å²) in [6, 6.07) is 11.6. The monoisotopic (exact) mass is 305 g/mol. The van der Waals surface area contributed by atoms with E-state index in [9.17, 15) is 4.79 Å². The summed E-state index contributed by atoms with van der Waals surface area (Å²) in [5.74, 6) is -0.886. The fraction of sp³-hybridized carbons (Fsp3) is 0.250. The topological polar surface area (TPSA) is 40.5 Å². The molecule has 1 N–H and O–H groups in total. The third-order valence-electron chi connectivity index (χ3n) is 4.76. The Balaban J connectivity index is 1.61. The van der Waals surface area contributed by atoms with Gasteiger partial charge < -0.3 is 10.0 Å². The molecular weight excluding hydrogens is 286 g/mol. The molecule has 4 rings (SSSR count). The molecule has 3 heteroatoms. The van der Waals surface area contributed by atoms with Crippen molar-refractivity contribution in [2.45, 2.75) is 19.3 Å². The van der Waals surface area contributed by atoms with Crippen molar-refractivity contribution < 1.29 is 9.90 Å². The number of carboxylic acids is 1. The number of benzene rings is 2. The molecule has 0 aliphatic carbocycles. The highest BCUT2D eigenvalue weighted by Crippen LogP contribution is 2.37. The summed E-state index contributed by atoms with van der Waals surface area (Å²) in [6.07, 6.45) is 7.75. The van der Waals surface area contributed by atoms with Gasteiger partial charge in [0.1, 0.15) is 0 Å². The number of carbonyl (C=O) groups is 1. The average molecular weight is 305 g/mol. The molecule has 0 saturated heterocycles. The smallest absolute Gasteiger partial charge is 0.335 e. The molecule has 116 valence electrons. The van der Waals surface area contributed by atoms with E-state index in [1.807, 2.05) is 12.1 Å². The van der Waals surface area contributed by atoms with Crippen LogP contribution in [-0.2, 0) is 12.8 Å². The van der Waals surface area contributed by atoms with Crippen LogP contribution in [0.5, 0.6) is 0 Å². The molecule has 0 saturated carbocycles. The lowest BCUT2D eigenvalue weighted by Gasteiger charge is -2.27. The molecular formula is C20H19NO2. The van der Waals surface area contributed by atoms with Crippen molar-refractivity contribution in [3.05, 3.63) is 64.2 Å². The SMILES string of the molecule is O=C(O)c1ccc(C=Cc2cc3c4c(c2)CCN4CCC3)cc1. The molecule has 0 bridgehead atoms. The predicted molar refractivity (Wildman–Crippen MR) is 93.0 cm³/mol. The number of aryl methyl sites for hydroxylation is 1. The van der Waals surface area contributed by atoms with E-state index in [0.717, 1.165) is 18.5 Å². The van der Waals surface area contributed by atoms with Gasteiger partial charge in [0.25, 0.3) is 0 Å². The Morgan fingerprint density at radius 3 is 2.39 bits per heavy atom. The highest BCUT2D eigenvalue weighted by atomic mass is 16.4. The first-order valence-corrected chi connectivity index (χ1v) is 8.13. The maximum Gasteiger partial charge on any atom is 0.335 e. The minimum absolute atomic E-state index is 0.323. The zero-order chi connectivity index (χ0) is 15.8. The van der Waals surface area contributed by atoms with Gasteiger partial charge in [0.15, 0.2) is 0 Å². The third kappa shape index (κ3) is 2.63. The normalized spacial score (nSPS) is 15.9. The largest absolute Gasteiger partial charge is 0.478 e. The van der Waals surface area contributed by atoms with Crippen molar-refractivity contribution in [1.82, 2.24) is 0 Å². The van der Waals surface area contributed by atoms with Crippen LogP contribution in [-0.4, -0.2) is 24.2 Å². The molecule has 0 amide bonds. The molecule has 0 aromatic heterocycles. The van der Waals surface area contributed by atoms with Crippen molar-refractivity contribution in [3.8, 4) is 0 Å². The van der Waals surface area contributed by atoms with Crippen LogP contribution < -0.4 is 4.90 Å². The van der Waals surface area contributed by atoms with Crippen LogP contribution in [0.3, 0.4) is 0 Å². The molecule has 2 heterocycles. The first-order valence-electron chi connectivity index (χ1n) is 8.13. The summed E-state index contributed by atoms with van der Waals surface area (Å²) in [7, 11) is 0. The maximum absolute atomic E-state index is 10.9. The van der Waals surface area contributed by atoms with Crippen LogP contribution in [0.1, 0.15) is 39.0 Å². The van der Waals surface area contributed by atoms with Gasteiger partial charge in [0, 0.05) is 18.8 Å². The second kappa shape index (κ2) is 5.58. The Kier molecular flexibility index (Phi) is 3.41. The van der Waals surface area contributed by atoms with Crippen molar-refractivity contribution in [1.29, 1.82) is 0 Å². The molecule has 2 aliphatic rings. The van der Waals surface area contributed by atoms with Crippen molar-refractivity contribution in [2.75, 3.05) is 18.0 Å². The average Bonchev–Trinajstić information content (AvgIpc) is 2.98. The molecule has 0 fully saturated rings. The van der Waals surface area contributed by atoms with Gasteiger partial charge in [-0.1, -0.05) is 24.3 Å². The molecule has 0 unspecified atom stereocenters. The minimum atomic E-state index is -0.886. The van der Waals surface area contributed by atoms with Crippen molar-refractivity contribution in [2.24, 2.45) is 0 Å². The number of carboxylic acid groups (broad SMARTS) is 1. The Bertz CT molecular complexity index is 790. The van der Waals surface area contributed by atoms with E-state index in [1.54, 1.807) is 12.1 Å². The molecule has 2 aliphatic heterocycles. The zero-order valence-electron chi connectivity index (χ0n) is 13.0. The number of nitrogens with zero attached hydrogens (tertiary/aromatic N) is 1. The Labute approximate surface area is 135 Å². The van der Waals surface area contributed by atoms with E-state index in [2.05, 4.69) is 29.2 Å². The predicted octanol–water partition coefficient (Wildman–Crippen LogP) is 3.86. The van der Waals surface area contributed by atoms with Gasteiger partial charge in [-0.2, -0.15) is 0 Å². The first kappa shape index (κ1) is 14.1. The summed E-state index contributed by atoms with van der Waals surface area (Å²) >= 11 is 0. The van der Waals surface area contributed by atoms with Gasteiger partial charge in [-0.15, -0.1) is 0 Å². The van der Waals surface area contributed by atoms with Gasteiger partial charge in [0.05, 0.1) is 5.56 Å². The first-order chi connectivity index (χ1) is 11.2. The van der Waals surface area contributed by atoms with E-state index < -0.39 is 5.97 Å². The highest BCUT2D eigenvalue weighted by Gasteiger charge is 2.25. The van der Waals surface area contributed by atoms with E-state index in [1.165, 1.54) is 41.8 Å². The summed E-state index contributed by atoms with van der Waals surface area (Å²) < 4.78 is 0. The molecule has 2 aromatic carbocycles. The van der Waals surface area contributed by atoms with Gasteiger partial charge in [-0.3, -0.25) is 0 Å². The third-order valence-corrected chi connectivity index (χ3v) is 4.76. The lowest BCUT2D eigenvalue weighted by Crippen LogP contribution is -2.26. The maximum atomic E-state index is 10.9. The molecule has 3 nitrogen and oxygen atoms in total. The van der Waals surface area contributed by atoms with Gasteiger partial charge in [-0.25, -0.2) is 4.79 Å². The quantitative estimate of drug-likeness (QED) is 0.875. The van der Waals surface area contributed by atoms with Gasteiger partial charge in [0.2, 0.25) is 0 Å². The van der Waals surface area contributed by atoms with Crippen LogP contribution in [0.4, 0.5) is 5.69 Å². The van der Waals surface area contributed by atoms with Crippen molar-refractivity contribution in [3.63, 3.8) is 0 Å². The molecule has 23 heavy (non-hydrogen) atoms. The molecule has 0 spiro atoms. The van der Waals surface area contributed by atoms with Gasteiger partial charge in [-0.05, 0) is 65.8 Å². The molecule has 0 radical (unpaired) electrons. The number of hydrogen-bond acceptors (Lipinski definition) is 2. The van der Waals surface area contributed by atoms with Crippen molar-refractivity contribution >= 4 is 23.8 Å². The Morgan fingerprint density at radius 2 is 1.65 bits per heavy atom. The van der Waals surface area contributed by atoms with E-state index >= 15 is 0 Å². The Morgan fingerprint density at radius 1 is 0.957 bits per heavy atom. The second-order valence-electron chi connectivity index (χ2n) is 6.29. The Hall–Kier alpha value is -2.55. The number of rotatable bonds is 3. The standard InChI is InChI=1S/C20H19NO2/c22-20(23)16-7-5-14(6-8-16)3-4-15-12-17-2-1-10-21-11-9-18(13-15)19(17)21/h3-8,12-13H,1-2,9-11H2,(H,22,23). The van der Waals surface area contributed by atoms with Gasteiger partial charge >= 0.3 is 5.97 Å².